The number of fused-ring (bicyclic) bond motifs is 1. The first-order valence-electron chi connectivity index (χ1n) is 6.79. The lowest BCUT2D eigenvalue weighted by atomic mass is 10.0. The number of aromatic nitrogens is 2. The number of esters is 1. The van der Waals surface area contributed by atoms with Gasteiger partial charge < -0.3 is 4.74 Å². The molecule has 0 aliphatic carbocycles. The number of hydrogen-bond acceptors (Lipinski definition) is 3. The molecule has 0 atom stereocenters. The van der Waals surface area contributed by atoms with Crippen LogP contribution in [0, 0.1) is 6.92 Å². The van der Waals surface area contributed by atoms with E-state index in [0.29, 0.717) is 0 Å². The quantitative estimate of drug-likeness (QED) is 0.692. The zero-order valence-corrected chi connectivity index (χ0v) is 12.0. The van der Waals surface area contributed by atoms with Crippen LogP contribution in [0.1, 0.15) is 5.56 Å². The molecule has 1 heterocycles. The van der Waals surface area contributed by atoms with Crippen molar-refractivity contribution in [3.05, 3.63) is 54.1 Å². The van der Waals surface area contributed by atoms with E-state index in [9.17, 15) is 4.79 Å². The van der Waals surface area contributed by atoms with Gasteiger partial charge in [-0.05, 0) is 18.6 Å². The highest BCUT2D eigenvalue weighted by molar-refractivity contribution is 5.96. The summed E-state index contributed by atoms with van der Waals surface area (Å²) in [5.41, 5.74) is 4.02. The summed E-state index contributed by atoms with van der Waals surface area (Å²) in [7, 11) is 1.39. The first-order valence-corrected chi connectivity index (χ1v) is 6.79. The molecule has 106 valence electrons. The van der Waals surface area contributed by atoms with Crippen molar-refractivity contribution in [2.45, 2.75) is 13.5 Å². The molecule has 0 fully saturated rings. The largest absolute Gasteiger partial charge is 0.468 e. The molecule has 21 heavy (non-hydrogen) atoms. The van der Waals surface area contributed by atoms with Crippen LogP contribution in [0.2, 0.25) is 0 Å². The first-order chi connectivity index (χ1) is 10.2. The summed E-state index contributed by atoms with van der Waals surface area (Å²) in [6.45, 7) is 2.17. The smallest absolute Gasteiger partial charge is 0.327 e. The fraction of sp³-hybridized carbons (Fsp3) is 0.176. The zero-order valence-electron chi connectivity index (χ0n) is 12.0. The maximum Gasteiger partial charge on any atom is 0.327 e. The van der Waals surface area contributed by atoms with Gasteiger partial charge in [0.05, 0.1) is 12.6 Å². The Morgan fingerprint density at radius 1 is 1.14 bits per heavy atom. The molecule has 2 aromatic carbocycles. The van der Waals surface area contributed by atoms with Crippen LogP contribution >= 0.6 is 0 Å². The molecule has 0 aliphatic heterocycles. The number of carbonyl (C=O) groups excluding carboxylic acids is 1. The summed E-state index contributed by atoms with van der Waals surface area (Å²) in [5, 5.41) is 5.70. The highest BCUT2D eigenvalue weighted by atomic mass is 16.5. The van der Waals surface area contributed by atoms with E-state index in [0.717, 1.165) is 27.7 Å². The second kappa shape index (κ2) is 5.40. The van der Waals surface area contributed by atoms with Gasteiger partial charge in [-0.25, -0.2) is 0 Å². The van der Waals surface area contributed by atoms with E-state index < -0.39 is 0 Å². The van der Waals surface area contributed by atoms with Crippen molar-refractivity contribution in [1.82, 2.24) is 9.78 Å². The third kappa shape index (κ3) is 2.40. The number of carbonyl (C=O) groups is 1. The van der Waals surface area contributed by atoms with Crippen LogP contribution in [0.15, 0.2) is 48.5 Å². The summed E-state index contributed by atoms with van der Waals surface area (Å²) < 4.78 is 6.45. The second-order valence-corrected chi connectivity index (χ2v) is 4.92. The van der Waals surface area contributed by atoms with Crippen molar-refractivity contribution in [3.8, 4) is 11.3 Å². The number of nitrogens with zero attached hydrogens (tertiary/aromatic N) is 2. The molecule has 0 aliphatic rings. The minimum Gasteiger partial charge on any atom is -0.468 e. The highest BCUT2D eigenvalue weighted by Crippen LogP contribution is 2.30. The summed E-state index contributed by atoms with van der Waals surface area (Å²) in [6, 6.07) is 16.0. The first kappa shape index (κ1) is 13.4. The lowest BCUT2D eigenvalue weighted by molar-refractivity contribution is -0.141. The second-order valence-electron chi connectivity index (χ2n) is 4.92. The van der Waals surface area contributed by atoms with E-state index in [1.54, 1.807) is 4.68 Å². The Bertz CT molecular complexity index is 791. The number of benzene rings is 2. The lowest BCUT2D eigenvalue weighted by Gasteiger charge is -2.02. The van der Waals surface area contributed by atoms with E-state index in [4.69, 9.17) is 4.74 Å². The van der Waals surface area contributed by atoms with E-state index in [-0.39, 0.29) is 12.5 Å². The monoisotopic (exact) mass is 280 g/mol. The maximum absolute atomic E-state index is 11.6. The molecule has 4 nitrogen and oxygen atoms in total. The average Bonchev–Trinajstić information content (AvgIpc) is 2.88. The molecular formula is C17H16N2O2. The van der Waals surface area contributed by atoms with Crippen molar-refractivity contribution >= 4 is 16.9 Å². The Balaban J connectivity index is 2.23. The molecule has 3 rings (SSSR count). The van der Waals surface area contributed by atoms with Gasteiger partial charge in [0, 0.05) is 10.9 Å². The number of ether oxygens (including phenoxy) is 1. The van der Waals surface area contributed by atoms with Crippen molar-refractivity contribution in [2.75, 3.05) is 7.11 Å². The molecule has 0 radical (unpaired) electrons. The van der Waals surface area contributed by atoms with E-state index in [1.165, 1.54) is 7.11 Å². The third-order valence-electron chi connectivity index (χ3n) is 3.54. The van der Waals surface area contributed by atoms with Crippen LogP contribution in [0.4, 0.5) is 0 Å². The van der Waals surface area contributed by atoms with E-state index in [1.807, 2.05) is 42.5 Å². The van der Waals surface area contributed by atoms with Crippen LogP contribution in [-0.4, -0.2) is 22.9 Å². The molecule has 0 saturated carbocycles. The standard InChI is InChI=1S/C17H16N2O2/c1-12-7-6-10-14-16(12)17(13-8-4-3-5-9-13)18-19(14)11-15(20)21-2/h3-10H,11H2,1-2H3. The Morgan fingerprint density at radius 3 is 2.62 bits per heavy atom. The number of hydrogen-bond donors (Lipinski definition) is 0. The molecule has 0 spiro atoms. The predicted molar refractivity (Wildman–Crippen MR) is 81.9 cm³/mol. The van der Waals surface area contributed by atoms with Gasteiger partial charge in [0.2, 0.25) is 0 Å². The molecule has 4 heteroatoms. The van der Waals surface area contributed by atoms with Gasteiger partial charge in [-0.2, -0.15) is 5.10 Å². The minimum absolute atomic E-state index is 0.114. The van der Waals surface area contributed by atoms with Crippen LogP contribution < -0.4 is 0 Å². The Hall–Kier alpha value is -2.62. The number of methoxy groups -OCH3 is 1. The van der Waals surface area contributed by atoms with Gasteiger partial charge in [0.25, 0.3) is 0 Å². The summed E-state index contributed by atoms with van der Waals surface area (Å²) >= 11 is 0. The summed E-state index contributed by atoms with van der Waals surface area (Å²) in [6.07, 6.45) is 0. The van der Waals surface area contributed by atoms with Crippen molar-refractivity contribution in [3.63, 3.8) is 0 Å². The fourth-order valence-electron chi connectivity index (χ4n) is 2.51. The van der Waals surface area contributed by atoms with Gasteiger partial charge >= 0.3 is 5.97 Å². The molecule has 3 aromatic rings. The van der Waals surface area contributed by atoms with Crippen molar-refractivity contribution in [1.29, 1.82) is 0 Å². The van der Waals surface area contributed by atoms with Crippen molar-refractivity contribution in [2.24, 2.45) is 0 Å². The number of aryl methyl sites for hydroxylation is 1. The molecule has 0 amide bonds. The molecular weight excluding hydrogens is 264 g/mol. The fourth-order valence-corrected chi connectivity index (χ4v) is 2.51. The molecule has 1 aromatic heterocycles. The Kier molecular flexibility index (Phi) is 3.44. The predicted octanol–water partition coefficient (Wildman–Crippen LogP) is 3.18. The summed E-state index contributed by atoms with van der Waals surface area (Å²) in [4.78, 5) is 11.6. The molecule has 0 saturated heterocycles. The number of rotatable bonds is 3. The minimum atomic E-state index is -0.305. The summed E-state index contributed by atoms with van der Waals surface area (Å²) in [5.74, 6) is -0.305. The van der Waals surface area contributed by atoms with Gasteiger partial charge in [-0.1, -0.05) is 42.5 Å². The van der Waals surface area contributed by atoms with Gasteiger partial charge in [-0.15, -0.1) is 0 Å². The van der Waals surface area contributed by atoms with Crippen LogP contribution in [0.3, 0.4) is 0 Å². The SMILES string of the molecule is COC(=O)Cn1nc(-c2ccccc2)c2c(C)cccc21. The third-order valence-corrected chi connectivity index (χ3v) is 3.54. The molecule has 0 N–H and O–H groups in total. The topological polar surface area (TPSA) is 44.1 Å². The Labute approximate surface area is 123 Å². The Morgan fingerprint density at radius 2 is 1.90 bits per heavy atom. The molecule has 0 unspecified atom stereocenters. The highest BCUT2D eigenvalue weighted by Gasteiger charge is 2.15. The van der Waals surface area contributed by atoms with Gasteiger partial charge in [0.15, 0.2) is 0 Å². The lowest BCUT2D eigenvalue weighted by Crippen LogP contribution is -2.12. The van der Waals surface area contributed by atoms with E-state index >= 15 is 0 Å². The normalized spacial score (nSPS) is 10.8. The van der Waals surface area contributed by atoms with Crippen LogP contribution in [0.5, 0.6) is 0 Å². The van der Waals surface area contributed by atoms with Gasteiger partial charge in [0.1, 0.15) is 12.2 Å². The van der Waals surface area contributed by atoms with Gasteiger partial charge in [-0.3, -0.25) is 9.48 Å². The average molecular weight is 280 g/mol. The maximum atomic E-state index is 11.6. The molecule has 0 bridgehead atoms. The van der Waals surface area contributed by atoms with Crippen LogP contribution in [0.25, 0.3) is 22.2 Å². The van der Waals surface area contributed by atoms with Crippen LogP contribution in [-0.2, 0) is 16.1 Å². The zero-order chi connectivity index (χ0) is 14.8. The van der Waals surface area contributed by atoms with E-state index in [2.05, 4.69) is 18.1 Å². The van der Waals surface area contributed by atoms with Crippen molar-refractivity contribution < 1.29 is 9.53 Å².